The second kappa shape index (κ2) is 13.0. The molecule has 2 heteroatoms. The molecule has 2 nitrogen and oxygen atoms in total. The molecule has 0 atom stereocenters. The fraction of sp³-hybridized carbons (Fsp3) is 0.667. The van der Waals surface area contributed by atoms with E-state index in [4.69, 9.17) is 4.74 Å². The Morgan fingerprint density at radius 2 is 1.53 bits per heavy atom. The van der Waals surface area contributed by atoms with Crippen LogP contribution in [0.2, 0.25) is 0 Å². The van der Waals surface area contributed by atoms with Crippen LogP contribution in [0.15, 0.2) is 24.3 Å². The van der Waals surface area contributed by atoms with Crippen LogP contribution in [0.5, 0.6) is 0 Å². The van der Waals surface area contributed by atoms with Crippen molar-refractivity contribution in [3.05, 3.63) is 24.3 Å². The predicted molar refractivity (Wildman–Crippen MR) is 72.9 cm³/mol. The van der Waals surface area contributed by atoms with Crippen molar-refractivity contribution in [2.45, 2.75) is 58.8 Å². The van der Waals surface area contributed by atoms with Crippen molar-refractivity contribution in [2.75, 3.05) is 6.61 Å². The Morgan fingerprint density at radius 1 is 0.941 bits per heavy atom. The summed E-state index contributed by atoms with van der Waals surface area (Å²) in [4.78, 5) is 10.5. The molecule has 0 aliphatic carbocycles. The van der Waals surface area contributed by atoms with Gasteiger partial charge in [0.15, 0.2) is 0 Å². The topological polar surface area (TPSA) is 26.3 Å². The fourth-order valence-electron chi connectivity index (χ4n) is 1.41. The Hall–Kier alpha value is -1.05. The molecule has 0 spiro atoms. The van der Waals surface area contributed by atoms with Crippen LogP contribution in [0.4, 0.5) is 0 Å². The first-order chi connectivity index (χ1) is 8.27. The lowest BCUT2D eigenvalue weighted by Gasteiger charge is -1.99. The number of carbonyl (C=O) groups excluding carboxylic acids is 1. The van der Waals surface area contributed by atoms with Crippen LogP contribution < -0.4 is 0 Å². The third-order valence-corrected chi connectivity index (χ3v) is 2.36. The molecule has 0 saturated heterocycles. The number of unbranched alkanes of at least 4 members (excludes halogenated alkanes) is 4. The lowest BCUT2D eigenvalue weighted by molar-refractivity contribution is -0.141. The van der Waals surface area contributed by atoms with Crippen molar-refractivity contribution in [3.8, 4) is 0 Å². The maximum absolute atomic E-state index is 10.5. The van der Waals surface area contributed by atoms with Crippen LogP contribution in [-0.2, 0) is 9.53 Å². The second-order valence-corrected chi connectivity index (χ2v) is 4.14. The highest BCUT2D eigenvalue weighted by atomic mass is 16.5. The van der Waals surface area contributed by atoms with Gasteiger partial charge in [-0.15, -0.1) is 0 Å². The summed E-state index contributed by atoms with van der Waals surface area (Å²) in [6, 6.07) is 0. The van der Waals surface area contributed by atoms with Crippen molar-refractivity contribution >= 4 is 5.97 Å². The zero-order valence-corrected chi connectivity index (χ0v) is 11.3. The van der Waals surface area contributed by atoms with Crippen LogP contribution in [0.25, 0.3) is 0 Å². The first kappa shape index (κ1) is 16.0. The van der Waals surface area contributed by atoms with Crippen LogP contribution in [-0.4, -0.2) is 12.6 Å². The van der Waals surface area contributed by atoms with E-state index in [0.717, 1.165) is 32.1 Å². The normalized spacial score (nSPS) is 11.4. The number of hydrogen-bond acceptors (Lipinski definition) is 2. The van der Waals surface area contributed by atoms with Crippen molar-refractivity contribution < 1.29 is 9.53 Å². The van der Waals surface area contributed by atoms with Gasteiger partial charge in [-0.2, -0.15) is 0 Å². The molecule has 0 aliphatic heterocycles. The summed E-state index contributed by atoms with van der Waals surface area (Å²) >= 11 is 0. The molecular formula is C15H26O2. The molecule has 0 aromatic rings. The van der Waals surface area contributed by atoms with Gasteiger partial charge in [0.05, 0.1) is 6.61 Å². The Balaban J connectivity index is 3.17. The van der Waals surface area contributed by atoms with Crippen LogP contribution in [0.3, 0.4) is 0 Å². The monoisotopic (exact) mass is 238 g/mol. The molecule has 0 amide bonds. The van der Waals surface area contributed by atoms with Gasteiger partial charge in [-0.05, 0) is 38.5 Å². The number of rotatable bonds is 10. The van der Waals surface area contributed by atoms with Crippen molar-refractivity contribution in [1.82, 2.24) is 0 Å². The molecule has 0 rings (SSSR count). The van der Waals surface area contributed by atoms with E-state index in [-0.39, 0.29) is 5.97 Å². The molecule has 0 bridgehead atoms. The summed E-state index contributed by atoms with van der Waals surface area (Å²) in [5, 5.41) is 0. The smallest absolute Gasteiger partial charge is 0.302 e. The van der Waals surface area contributed by atoms with Gasteiger partial charge in [-0.3, -0.25) is 4.79 Å². The lowest BCUT2D eigenvalue weighted by Crippen LogP contribution is -1.99. The van der Waals surface area contributed by atoms with E-state index in [0.29, 0.717) is 6.61 Å². The van der Waals surface area contributed by atoms with Crippen LogP contribution >= 0.6 is 0 Å². The summed E-state index contributed by atoms with van der Waals surface area (Å²) in [6.07, 6.45) is 16.8. The van der Waals surface area contributed by atoms with Gasteiger partial charge in [0.1, 0.15) is 0 Å². The summed E-state index contributed by atoms with van der Waals surface area (Å²) in [5.41, 5.74) is 0. The standard InChI is InChI=1S/C15H26O2/c1-3-4-5-6-7-8-9-10-11-12-13-14-17-15(2)16/h5-6,9-10H,3-4,7-8,11-14H2,1-2H3/b6-5+,10-9+. The number of esters is 1. The number of ether oxygens (including phenoxy) is 1. The minimum atomic E-state index is -0.181. The van der Waals surface area contributed by atoms with E-state index in [1.54, 1.807) is 0 Å². The van der Waals surface area contributed by atoms with E-state index in [2.05, 4.69) is 31.2 Å². The fourth-order valence-corrected chi connectivity index (χ4v) is 1.41. The quantitative estimate of drug-likeness (QED) is 0.320. The van der Waals surface area contributed by atoms with E-state index in [9.17, 15) is 4.79 Å². The van der Waals surface area contributed by atoms with E-state index in [1.807, 2.05) is 0 Å². The number of carbonyl (C=O) groups is 1. The average molecular weight is 238 g/mol. The molecule has 0 aliphatic rings. The van der Waals surface area contributed by atoms with Crippen LogP contribution in [0.1, 0.15) is 58.8 Å². The second-order valence-electron chi connectivity index (χ2n) is 4.14. The highest BCUT2D eigenvalue weighted by Crippen LogP contribution is 2.00. The van der Waals surface area contributed by atoms with Crippen molar-refractivity contribution in [3.63, 3.8) is 0 Å². The first-order valence-corrected chi connectivity index (χ1v) is 6.70. The van der Waals surface area contributed by atoms with E-state index in [1.165, 1.54) is 19.8 Å². The Bertz CT molecular complexity index is 229. The Morgan fingerprint density at radius 3 is 2.12 bits per heavy atom. The Kier molecular flexibility index (Phi) is 12.2. The molecule has 0 saturated carbocycles. The third kappa shape index (κ3) is 14.9. The molecule has 98 valence electrons. The zero-order valence-electron chi connectivity index (χ0n) is 11.3. The summed E-state index contributed by atoms with van der Waals surface area (Å²) in [5.74, 6) is -0.181. The highest BCUT2D eigenvalue weighted by molar-refractivity contribution is 5.65. The molecule has 0 unspecified atom stereocenters. The maximum atomic E-state index is 10.5. The number of allylic oxidation sites excluding steroid dienone is 4. The van der Waals surface area contributed by atoms with Crippen LogP contribution in [0, 0.1) is 0 Å². The van der Waals surface area contributed by atoms with Gasteiger partial charge < -0.3 is 4.74 Å². The summed E-state index contributed by atoms with van der Waals surface area (Å²) in [7, 11) is 0. The lowest BCUT2D eigenvalue weighted by atomic mass is 10.2. The van der Waals surface area contributed by atoms with Crippen molar-refractivity contribution in [1.29, 1.82) is 0 Å². The minimum absolute atomic E-state index is 0.181. The SMILES string of the molecule is CCC/C=C/CC/C=C/CCCCOC(C)=O. The Labute approximate surface area is 106 Å². The summed E-state index contributed by atoms with van der Waals surface area (Å²) in [6.45, 7) is 4.20. The molecule has 0 aromatic carbocycles. The maximum Gasteiger partial charge on any atom is 0.302 e. The number of hydrogen-bond donors (Lipinski definition) is 0. The van der Waals surface area contributed by atoms with Gasteiger partial charge in [0.2, 0.25) is 0 Å². The molecule has 0 N–H and O–H groups in total. The average Bonchev–Trinajstić information content (AvgIpc) is 2.30. The molecule has 0 fully saturated rings. The van der Waals surface area contributed by atoms with Gasteiger partial charge in [-0.25, -0.2) is 0 Å². The molecule has 0 radical (unpaired) electrons. The first-order valence-electron chi connectivity index (χ1n) is 6.70. The summed E-state index contributed by atoms with van der Waals surface area (Å²) < 4.78 is 4.85. The largest absolute Gasteiger partial charge is 0.466 e. The van der Waals surface area contributed by atoms with E-state index < -0.39 is 0 Å². The van der Waals surface area contributed by atoms with Gasteiger partial charge >= 0.3 is 5.97 Å². The van der Waals surface area contributed by atoms with Gasteiger partial charge in [0.25, 0.3) is 0 Å². The molecule has 17 heavy (non-hydrogen) atoms. The highest BCUT2D eigenvalue weighted by Gasteiger charge is 1.91. The van der Waals surface area contributed by atoms with Gasteiger partial charge in [0, 0.05) is 6.92 Å². The predicted octanol–water partition coefficient (Wildman–Crippen LogP) is 4.41. The van der Waals surface area contributed by atoms with Gasteiger partial charge in [-0.1, -0.05) is 37.6 Å². The molecule has 0 heterocycles. The molecular weight excluding hydrogens is 212 g/mol. The zero-order chi connectivity index (χ0) is 12.8. The third-order valence-electron chi connectivity index (χ3n) is 2.36. The minimum Gasteiger partial charge on any atom is -0.466 e. The van der Waals surface area contributed by atoms with Crippen molar-refractivity contribution in [2.24, 2.45) is 0 Å². The molecule has 0 aromatic heterocycles. The van der Waals surface area contributed by atoms with E-state index >= 15 is 0 Å².